The van der Waals surface area contributed by atoms with Gasteiger partial charge in [-0.1, -0.05) is 65.5 Å². The zero-order chi connectivity index (χ0) is 27.0. The first kappa shape index (κ1) is 27.2. The molecule has 1 saturated heterocycles. The summed E-state index contributed by atoms with van der Waals surface area (Å²) in [6, 6.07) is 11.8. The molecule has 3 heterocycles. The van der Waals surface area contributed by atoms with Gasteiger partial charge in [-0.3, -0.25) is 9.78 Å². The van der Waals surface area contributed by atoms with E-state index in [1.165, 1.54) is 0 Å². The zero-order valence-electron chi connectivity index (χ0n) is 23.4. The molecule has 0 amide bonds. The molecule has 3 aromatic rings. The zero-order valence-corrected chi connectivity index (χ0v) is 24.4. The van der Waals surface area contributed by atoms with Crippen LogP contribution in [0.1, 0.15) is 56.2 Å². The SMILES string of the molecule is C=Cc1ccc2ccc(C(=O)Cc3cnccc3N3C[C@@H](C)C(O[Si](C)(C)C(C)(C)C)[C@@H](C)C3)nc2c1. The number of benzene rings is 1. The molecular weight excluding hydrogens is 474 g/mol. The number of carbonyl (C=O) groups excluding carboxylic acids is 1. The van der Waals surface area contributed by atoms with Crippen LogP contribution < -0.4 is 4.90 Å². The van der Waals surface area contributed by atoms with Crippen LogP contribution in [-0.4, -0.2) is 43.3 Å². The third-order valence-electron chi connectivity index (χ3n) is 8.18. The number of nitrogens with zero attached hydrogens (tertiary/aromatic N) is 3. The predicted octanol–water partition coefficient (Wildman–Crippen LogP) is 7.18. The van der Waals surface area contributed by atoms with Crippen molar-refractivity contribution in [3.8, 4) is 0 Å². The summed E-state index contributed by atoms with van der Waals surface area (Å²) in [6.07, 6.45) is 5.96. The molecule has 1 aliphatic rings. The Bertz CT molecular complexity index is 1290. The van der Waals surface area contributed by atoms with Gasteiger partial charge in [0.25, 0.3) is 0 Å². The van der Waals surface area contributed by atoms with Crippen molar-refractivity contribution in [1.29, 1.82) is 0 Å². The lowest BCUT2D eigenvalue weighted by molar-refractivity contribution is 0.0627. The maximum Gasteiger partial charge on any atom is 0.192 e. The van der Waals surface area contributed by atoms with Crippen molar-refractivity contribution in [2.45, 2.75) is 65.3 Å². The highest BCUT2D eigenvalue weighted by atomic mass is 28.4. The summed E-state index contributed by atoms with van der Waals surface area (Å²) in [5.41, 5.74) is 4.30. The van der Waals surface area contributed by atoms with Crippen molar-refractivity contribution in [2.24, 2.45) is 11.8 Å². The number of piperidine rings is 1. The monoisotopic (exact) mass is 515 g/mol. The summed E-state index contributed by atoms with van der Waals surface area (Å²) in [5.74, 6) is 0.768. The molecule has 1 fully saturated rings. The number of rotatable bonds is 7. The average molecular weight is 516 g/mol. The number of anilines is 1. The molecule has 6 heteroatoms. The van der Waals surface area contributed by atoms with E-state index in [1.807, 2.05) is 48.8 Å². The molecule has 5 nitrogen and oxygen atoms in total. The number of Topliss-reactive ketones (excluding diaryl/α,β-unsaturated/α-hetero) is 1. The van der Waals surface area contributed by atoms with Gasteiger partial charge in [-0.05, 0) is 53.7 Å². The molecule has 1 aromatic carbocycles. The van der Waals surface area contributed by atoms with E-state index in [2.05, 4.69) is 69.2 Å². The van der Waals surface area contributed by atoms with E-state index >= 15 is 0 Å². The molecule has 3 atom stereocenters. The van der Waals surface area contributed by atoms with Crippen LogP contribution in [0.5, 0.6) is 0 Å². The molecule has 4 rings (SSSR count). The van der Waals surface area contributed by atoms with Gasteiger partial charge in [0.15, 0.2) is 14.1 Å². The molecule has 37 heavy (non-hydrogen) atoms. The van der Waals surface area contributed by atoms with Gasteiger partial charge in [-0.2, -0.15) is 0 Å². The molecule has 1 unspecified atom stereocenters. The summed E-state index contributed by atoms with van der Waals surface area (Å²) in [6.45, 7) is 21.8. The van der Waals surface area contributed by atoms with Crippen LogP contribution in [0.2, 0.25) is 18.1 Å². The summed E-state index contributed by atoms with van der Waals surface area (Å²) in [7, 11) is -1.86. The van der Waals surface area contributed by atoms with Crippen LogP contribution in [0.15, 0.2) is 55.4 Å². The second-order valence-corrected chi connectivity index (χ2v) is 16.9. The Balaban J connectivity index is 1.53. The van der Waals surface area contributed by atoms with Gasteiger partial charge in [0.05, 0.1) is 11.6 Å². The van der Waals surface area contributed by atoms with E-state index in [-0.39, 0.29) is 23.3 Å². The summed E-state index contributed by atoms with van der Waals surface area (Å²) >= 11 is 0. The first-order chi connectivity index (χ1) is 17.4. The van der Waals surface area contributed by atoms with E-state index in [1.54, 1.807) is 6.08 Å². The second kappa shape index (κ2) is 10.5. The number of hydrogen-bond donors (Lipinski definition) is 0. The Morgan fingerprint density at radius 2 is 1.81 bits per heavy atom. The predicted molar refractivity (Wildman–Crippen MR) is 157 cm³/mol. The minimum atomic E-state index is -1.86. The van der Waals surface area contributed by atoms with Crippen LogP contribution in [0, 0.1) is 11.8 Å². The van der Waals surface area contributed by atoms with Crippen molar-refractivity contribution in [3.63, 3.8) is 0 Å². The molecule has 0 bridgehead atoms. The Morgan fingerprint density at radius 1 is 1.14 bits per heavy atom. The molecular formula is C31H41N3O2Si. The number of aromatic nitrogens is 2. The summed E-state index contributed by atoms with van der Waals surface area (Å²) in [4.78, 5) is 24.8. The van der Waals surface area contributed by atoms with Crippen molar-refractivity contribution in [1.82, 2.24) is 9.97 Å². The van der Waals surface area contributed by atoms with Gasteiger partial charge in [0.1, 0.15) is 5.69 Å². The standard InChI is InChI=1S/C31H41N3O2Si/c1-9-23-10-11-24-12-13-26(33-27(24)16-23)29(35)17-25-18-32-15-14-28(25)34-19-21(2)30(22(3)20-34)36-37(7,8)31(4,5)6/h9-16,18,21-22,30H,1,17,19-20H2,2-8H3/t21-,22+,30?. The summed E-state index contributed by atoms with van der Waals surface area (Å²) < 4.78 is 6.89. The van der Waals surface area contributed by atoms with E-state index in [9.17, 15) is 4.79 Å². The number of hydrogen-bond acceptors (Lipinski definition) is 5. The minimum Gasteiger partial charge on any atom is -0.413 e. The highest BCUT2D eigenvalue weighted by molar-refractivity contribution is 6.74. The number of ketones is 1. The quantitative estimate of drug-likeness (QED) is 0.246. The molecule has 196 valence electrons. The average Bonchev–Trinajstić information content (AvgIpc) is 2.85. The van der Waals surface area contributed by atoms with E-state index in [4.69, 9.17) is 4.43 Å². The molecule has 0 aliphatic carbocycles. The van der Waals surface area contributed by atoms with E-state index in [0.29, 0.717) is 17.5 Å². The first-order valence-corrected chi connectivity index (χ1v) is 16.2. The normalized spacial score (nSPS) is 20.7. The van der Waals surface area contributed by atoms with Crippen LogP contribution in [0.25, 0.3) is 17.0 Å². The smallest absolute Gasteiger partial charge is 0.192 e. The van der Waals surface area contributed by atoms with Crippen molar-refractivity contribution in [3.05, 3.63) is 72.2 Å². The first-order valence-electron chi connectivity index (χ1n) is 13.3. The Kier molecular flexibility index (Phi) is 7.72. The maximum absolute atomic E-state index is 13.3. The van der Waals surface area contributed by atoms with Gasteiger partial charge in [-0.25, -0.2) is 4.98 Å². The van der Waals surface area contributed by atoms with Gasteiger partial charge < -0.3 is 9.33 Å². The minimum absolute atomic E-state index is 0.00241. The largest absolute Gasteiger partial charge is 0.413 e. The molecule has 0 N–H and O–H groups in total. The van der Waals surface area contributed by atoms with Crippen molar-refractivity contribution < 1.29 is 9.22 Å². The number of fused-ring (bicyclic) bond motifs is 1. The fourth-order valence-corrected chi connectivity index (χ4v) is 6.53. The Hall–Kier alpha value is -2.83. The highest BCUT2D eigenvalue weighted by Crippen LogP contribution is 2.40. The Labute approximate surface area is 223 Å². The third kappa shape index (κ3) is 5.86. The fraction of sp³-hybridized carbons (Fsp3) is 0.452. The van der Waals surface area contributed by atoms with Crippen molar-refractivity contribution >= 4 is 36.8 Å². The number of pyridine rings is 2. The van der Waals surface area contributed by atoms with Gasteiger partial charge in [0.2, 0.25) is 0 Å². The Morgan fingerprint density at radius 3 is 2.46 bits per heavy atom. The molecule has 2 aromatic heterocycles. The second-order valence-electron chi connectivity index (χ2n) is 12.2. The van der Waals surface area contributed by atoms with Crippen molar-refractivity contribution in [2.75, 3.05) is 18.0 Å². The van der Waals surface area contributed by atoms with Crippen LogP contribution in [0.3, 0.4) is 0 Å². The molecule has 0 saturated carbocycles. The van der Waals surface area contributed by atoms with E-state index in [0.717, 1.165) is 40.8 Å². The third-order valence-corrected chi connectivity index (χ3v) is 12.7. The maximum atomic E-state index is 13.3. The van der Waals surface area contributed by atoms with Gasteiger partial charge in [-0.15, -0.1) is 0 Å². The molecule has 1 aliphatic heterocycles. The lowest BCUT2D eigenvalue weighted by Crippen LogP contribution is -2.54. The van der Waals surface area contributed by atoms with Crippen LogP contribution in [0.4, 0.5) is 5.69 Å². The van der Waals surface area contributed by atoms with Crippen LogP contribution in [-0.2, 0) is 10.8 Å². The van der Waals surface area contributed by atoms with E-state index < -0.39 is 8.32 Å². The lowest BCUT2D eigenvalue weighted by atomic mass is 9.87. The lowest BCUT2D eigenvalue weighted by Gasteiger charge is -2.48. The fourth-order valence-electron chi connectivity index (χ4n) is 5.03. The molecule has 0 radical (unpaired) electrons. The topological polar surface area (TPSA) is 55.3 Å². The number of carbonyl (C=O) groups is 1. The van der Waals surface area contributed by atoms with Gasteiger partial charge >= 0.3 is 0 Å². The van der Waals surface area contributed by atoms with Crippen LogP contribution >= 0.6 is 0 Å². The highest BCUT2D eigenvalue weighted by Gasteiger charge is 2.43. The summed E-state index contributed by atoms with van der Waals surface area (Å²) in [5, 5.41) is 1.20. The molecule has 0 spiro atoms. The van der Waals surface area contributed by atoms with Gasteiger partial charge in [0, 0.05) is 48.5 Å².